The van der Waals surface area contributed by atoms with E-state index in [1.165, 1.54) is 0 Å². The maximum atomic E-state index is 12.8. The number of hydrogen-bond acceptors (Lipinski definition) is 4. The second-order valence-electron chi connectivity index (χ2n) is 6.53. The minimum absolute atomic E-state index is 0.0871. The lowest BCUT2D eigenvalue weighted by Crippen LogP contribution is -2.43. The molecule has 1 atom stereocenters. The number of rotatable bonds is 9. The predicted octanol–water partition coefficient (Wildman–Crippen LogP) is 4.43. The van der Waals surface area contributed by atoms with Crippen molar-refractivity contribution >= 4 is 23.2 Å². The molecule has 1 aliphatic carbocycles. The van der Waals surface area contributed by atoms with Gasteiger partial charge in [0.2, 0.25) is 0 Å². The van der Waals surface area contributed by atoms with Gasteiger partial charge >= 0.3 is 0 Å². The largest absolute Gasteiger partial charge is 0.487 e. The molecule has 0 saturated heterocycles. The van der Waals surface area contributed by atoms with Gasteiger partial charge in [-0.2, -0.15) is 0 Å². The van der Waals surface area contributed by atoms with E-state index in [1.807, 2.05) is 13.8 Å². The van der Waals surface area contributed by atoms with Crippen LogP contribution in [0.5, 0.6) is 5.75 Å². The van der Waals surface area contributed by atoms with Crippen LogP contribution in [-0.2, 0) is 14.3 Å². The molecule has 0 radical (unpaired) electrons. The second kappa shape index (κ2) is 9.41. The van der Waals surface area contributed by atoms with Crippen LogP contribution in [0.15, 0.2) is 18.2 Å². The third kappa shape index (κ3) is 5.33. The first-order valence-corrected chi connectivity index (χ1v) is 9.29. The summed E-state index contributed by atoms with van der Waals surface area (Å²) in [7, 11) is 1.62. The molecule has 0 aromatic heterocycles. The normalized spacial score (nSPS) is 17.3. The SMILES string of the molecule is CCCOC1(C(=O)Nc2ccc(OC(C)COC)c(Cl)c2)CCCC1. The summed E-state index contributed by atoms with van der Waals surface area (Å²) in [6.45, 7) is 5.03. The number of carbonyl (C=O) groups excluding carboxylic acids is 1. The quantitative estimate of drug-likeness (QED) is 0.699. The summed E-state index contributed by atoms with van der Waals surface area (Å²) in [5, 5.41) is 3.41. The van der Waals surface area contributed by atoms with Crippen molar-refractivity contribution in [2.75, 3.05) is 25.6 Å². The molecule has 0 bridgehead atoms. The number of ether oxygens (including phenoxy) is 3. The second-order valence-corrected chi connectivity index (χ2v) is 6.94. The minimum atomic E-state index is -0.704. The minimum Gasteiger partial charge on any atom is -0.487 e. The fourth-order valence-electron chi connectivity index (χ4n) is 3.09. The monoisotopic (exact) mass is 369 g/mol. The molecule has 25 heavy (non-hydrogen) atoms. The van der Waals surface area contributed by atoms with Crippen molar-refractivity contribution in [1.82, 2.24) is 0 Å². The van der Waals surface area contributed by atoms with Crippen molar-refractivity contribution < 1.29 is 19.0 Å². The van der Waals surface area contributed by atoms with Gasteiger partial charge in [0.1, 0.15) is 17.5 Å². The summed E-state index contributed by atoms with van der Waals surface area (Å²) in [5.41, 5.74) is -0.0573. The molecule has 0 heterocycles. The van der Waals surface area contributed by atoms with Gasteiger partial charge in [0.25, 0.3) is 5.91 Å². The molecular weight excluding hydrogens is 342 g/mol. The van der Waals surface area contributed by atoms with Crippen LogP contribution < -0.4 is 10.1 Å². The first-order chi connectivity index (χ1) is 12.0. The van der Waals surface area contributed by atoms with Crippen molar-refractivity contribution in [3.05, 3.63) is 23.2 Å². The van der Waals surface area contributed by atoms with Gasteiger partial charge in [0.15, 0.2) is 0 Å². The van der Waals surface area contributed by atoms with E-state index < -0.39 is 5.60 Å². The van der Waals surface area contributed by atoms with E-state index in [0.717, 1.165) is 32.1 Å². The maximum Gasteiger partial charge on any atom is 0.256 e. The Labute approximate surface area is 155 Å². The van der Waals surface area contributed by atoms with Gasteiger partial charge in [0.05, 0.1) is 11.6 Å². The number of benzene rings is 1. The van der Waals surface area contributed by atoms with E-state index in [0.29, 0.717) is 29.7 Å². The molecule has 140 valence electrons. The van der Waals surface area contributed by atoms with Gasteiger partial charge in [-0.25, -0.2) is 0 Å². The lowest BCUT2D eigenvalue weighted by atomic mass is 10.0. The number of halogens is 1. The van der Waals surface area contributed by atoms with Crippen molar-refractivity contribution in [3.8, 4) is 5.75 Å². The van der Waals surface area contributed by atoms with E-state index in [4.69, 9.17) is 25.8 Å². The molecule has 1 unspecified atom stereocenters. The van der Waals surface area contributed by atoms with Crippen LogP contribution in [0.1, 0.15) is 46.0 Å². The van der Waals surface area contributed by atoms with E-state index in [1.54, 1.807) is 25.3 Å². The highest BCUT2D eigenvalue weighted by atomic mass is 35.5. The molecule has 1 aromatic carbocycles. The zero-order valence-corrected chi connectivity index (χ0v) is 16.0. The van der Waals surface area contributed by atoms with Gasteiger partial charge < -0.3 is 19.5 Å². The van der Waals surface area contributed by atoms with Crippen LogP contribution in [0.25, 0.3) is 0 Å². The van der Waals surface area contributed by atoms with Crippen LogP contribution in [0.3, 0.4) is 0 Å². The van der Waals surface area contributed by atoms with Crippen molar-refractivity contribution in [3.63, 3.8) is 0 Å². The standard InChI is InChI=1S/C19H28ClNO4/c1-4-11-24-19(9-5-6-10-19)18(22)21-15-7-8-17(16(20)12-15)25-14(2)13-23-3/h7-8,12,14H,4-6,9-11,13H2,1-3H3,(H,21,22). The highest BCUT2D eigenvalue weighted by molar-refractivity contribution is 6.32. The number of hydrogen-bond donors (Lipinski definition) is 1. The molecule has 1 aromatic rings. The Hall–Kier alpha value is -1.30. The number of amides is 1. The Morgan fingerprint density at radius 1 is 1.36 bits per heavy atom. The molecular formula is C19H28ClNO4. The van der Waals surface area contributed by atoms with E-state index >= 15 is 0 Å². The fraction of sp³-hybridized carbons (Fsp3) is 0.632. The topological polar surface area (TPSA) is 56.8 Å². The number of nitrogens with one attached hydrogen (secondary N) is 1. The lowest BCUT2D eigenvalue weighted by molar-refractivity contribution is -0.140. The molecule has 1 N–H and O–H groups in total. The Bertz CT molecular complexity index is 573. The molecule has 1 amide bonds. The highest BCUT2D eigenvalue weighted by Gasteiger charge is 2.42. The summed E-state index contributed by atoms with van der Waals surface area (Å²) in [6.07, 6.45) is 4.36. The summed E-state index contributed by atoms with van der Waals surface area (Å²) in [6, 6.07) is 5.26. The average Bonchev–Trinajstić information content (AvgIpc) is 3.06. The fourth-order valence-corrected chi connectivity index (χ4v) is 3.31. The third-order valence-electron chi connectivity index (χ3n) is 4.33. The van der Waals surface area contributed by atoms with Crippen LogP contribution >= 0.6 is 11.6 Å². The molecule has 1 fully saturated rings. The summed E-state index contributed by atoms with van der Waals surface area (Å²) in [4.78, 5) is 12.8. The van der Waals surface area contributed by atoms with Gasteiger partial charge in [-0.05, 0) is 57.2 Å². The van der Waals surface area contributed by atoms with Crippen LogP contribution in [0.4, 0.5) is 5.69 Å². The number of carbonyl (C=O) groups is 1. The lowest BCUT2D eigenvalue weighted by Gasteiger charge is -2.28. The Kier molecular flexibility index (Phi) is 7.54. The van der Waals surface area contributed by atoms with Gasteiger partial charge in [-0.15, -0.1) is 0 Å². The van der Waals surface area contributed by atoms with E-state index in [2.05, 4.69) is 5.32 Å². The average molecular weight is 370 g/mol. The maximum absolute atomic E-state index is 12.8. The smallest absolute Gasteiger partial charge is 0.256 e. The highest BCUT2D eigenvalue weighted by Crippen LogP contribution is 2.35. The molecule has 0 aliphatic heterocycles. The van der Waals surface area contributed by atoms with Crippen LogP contribution in [0, 0.1) is 0 Å². The predicted molar refractivity (Wildman–Crippen MR) is 99.5 cm³/mol. The zero-order valence-electron chi connectivity index (χ0n) is 15.3. The van der Waals surface area contributed by atoms with Gasteiger partial charge in [-0.1, -0.05) is 18.5 Å². The van der Waals surface area contributed by atoms with E-state index in [-0.39, 0.29) is 12.0 Å². The Morgan fingerprint density at radius 3 is 2.68 bits per heavy atom. The van der Waals surface area contributed by atoms with Crippen LogP contribution in [0.2, 0.25) is 5.02 Å². The van der Waals surface area contributed by atoms with Crippen molar-refractivity contribution in [2.45, 2.75) is 57.7 Å². The zero-order chi connectivity index (χ0) is 18.3. The summed E-state index contributed by atoms with van der Waals surface area (Å²) < 4.78 is 16.7. The van der Waals surface area contributed by atoms with Gasteiger partial charge in [0, 0.05) is 19.4 Å². The molecule has 1 saturated carbocycles. The molecule has 2 rings (SSSR count). The first kappa shape index (κ1) is 20.0. The Balaban J connectivity index is 2.04. The molecule has 1 aliphatic rings. The van der Waals surface area contributed by atoms with Crippen LogP contribution in [-0.4, -0.2) is 37.9 Å². The van der Waals surface area contributed by atoms with E-state index in [9.17, 15) is 4.79 Å². The molecule has 6 heteroatoms. The summed E-state index contributed by atoms with van der Waals surface area (Å²) >= 11 is 6.29. The van der Waals surface area contributed by atoms with Crippen molar-refractivity contribution in [2.24, 2.45) is 0 Å². The molecule has 0 spiro atoms. The van der Waals surface area contributed by atoms with Crippen molar-refractivity contribution in [1.29, 1.82) is 0 Å². The number of anilines is 1. The first-order valence-electron chi connectivity index (χ1n) is 8.91. The number of methoxy groups -OCH3 is 1. The molecule has 5 nitrogen and oxygen atoms in total. The van der Waals surface area contributed by atoms with Gasteiger partial charge in [-0.3, -0.25) is 4.79 Å². The third-order valence-corrected chi connectivity index (χ3v) is 4.62. The Morgan fingerprint density at radius 2 is 2.08 bits per heavy atom. The summed E-state index contributed by atoms with van der Waals surface area (Å²) in [5.74, 6) is 0.484.